The number of ether oxygens (including phenoxy) is 1. The summed E-state index contributed by atoms with van der Waals surface area (Å²) in [5.41, 5.74) is 6.29. The third-order valence-electron chi connectivity index (χ3n) is 3.12. The number of esters is 1. The van der Waals surface area contributed by atoms with Gasteiger partial charge in [0.25, 0.3) is 0 Å². The molecular weight excluding hydrogens is 297 g/mol. The molecule has 0 amide bonds. The van der Waals surface area contributed by atoms with Crippen molar-refractivity contribution in [2.45, 2.75) is 19.1 Å². The molecule has 21 heavy (non-hydrogen) atoms. The van der Waals surface area contributed by atoms with Crippen LogP contribution in [0.1, 0.15) is 18.5 Å². The van der Waals surface area contributed by atoms with E-state index in [1.54, 1.807) is 31.2 Å². The molecule has 0 spiro atoms. The molecule has 0 saturated carbocycles. The van der Waals surface area contributed by atoms with E-state index in [0.29, 0.717) is 16.3 Å². The SMILES string of the molecule is CCOC(=O)C(F)[C@H](N)c1ccc(O)c2ccccc12.Cl. The average molecular weight is 314 g/mol. The van der Waals surface area contributed by atoms with Gasteiger partial charge in [-0.15, -0.1) is 12.4 Å². The van der Waals surface area contributed by atoms with Crippen molar-refractivity contribution in [3.8, 4) is 5.75 Å². The van der Waals surface area contributed by atoms with Gasteiger partial charge in [0.1, 0.15) is 5.75 Å². The van der Waals surface area contributed by atoms with Gasteiger partial charge in [0, 0.05) is 5.39 Å². The Hall–Kier alpha value is -1.85. The molecule has 0 heterocycles. The van der Waals surface area contributed by atoms with Crippen LogP contribution in [0.15, 0.2) is 36.4 Å². The predicted molar refractivity (Wildman–Crippen MR) is 81.3 cm³/mol. The summed E-state index contributed by atoms with van der Waals surface area (Å²) < 4.78 is 18.7. The van der Waals surface area contributed by atoms with Crippen molar-refractivity contribution in [1.29, 1.82) is 0 Å². The number of phenols is 1. The zero-order chi connectivity index (χ0) is 14.7. The fourth-order valence-corrected chi connectivity index (χ4v) is 2.12. The van der Waals surface area contributed by atoms with Crippen molar-refractivity contribution < 1.29 is 19.0 Å². The normalized spacial score (nSPS) is 13.3. The summed E-state index contributed by atoms with van der Waals surface area (Å²) >= 11 is 0. The number of halogens is 2. The smallest absolute Gasteiger partial charge is 0.342 e. The monoisotopic (exact) mass is 313 g/mol. The topological polar surface area (TPSA) is 72.5 Å². The van der Waals surface area contributed by atoms with Crippen molar-refractivity contribution in [1.82, 2.24) is 0 Å². The van der Waals surface area contributed by atoms with E-state index in [1.807, 2.05) is 0 Å². The highest BCUT2D eigenvalue weighted by Crippen LogP contribution is 2.31. The van der Waals surface area contributed by atoms with E-state index in [4.69, 9.17) is 5.73 Å². The molecule has 0 aromatic heterocycles. The van der Waals surface area contributed by atoms with Gasteiger partial charge in [0.05, 0.1) is 12.6 Å². The first-order valence-corrected chi connectivity index (χ1v) is 6.33. The van der Waals surface area contributed by atoms with E-state index in [1.165, 1.54) is 12.1 Å². The molecule has 3 N–H and O–H groups in total. The van der Waals surface area contributed by atoms with Crippen LogP contribution in [0.2, 0.25) is 0 Å². The number of phenolic OH excluding ortho intramolecular Hbond substituents is 1. The van der Waals surface area contributed by atoms with Crippen LogP contribution in [0, 0.1) is 0 Å². The van der Waals surface area contributed by atoms with Crippen LogP contribution in [-0.2, 0) is 9.53 Å². The number of carbonyl (C=O) groups is 1. The zero-order valence-electron chi connectivity index (χ0n) is 11.5. The summed E-state index contributed by atoms with van der Waals surface area (Å²) in [6, 6.07) is 8.77. The second kappa shape index (κ2) is 7.24. The van der Waals surface area contributed by atoms with Gasteiger partial charge in [-0.1, -0.05) is 30.3 Å². The maximum absolute atomic E-state index is 14.0. The molecule has 6 heteroatoms. The minimum absolute atomic E-state index is 0. The Morgan fingerprint density at radius 3 is 2.52 bits per heavy atom. The Kier molecular flexibility index (Phi) is 5.93. The van der Waals surface area contributed by atoms with Crippen LogP contribution in [0.25, 0.3) is 10.8 Å². The van der Waals surface area contributed by atoms with Crippen molar-refractivity contribution in [3.05, 3.63) is 42.0 Å². The second-order valence-electron chi connectivity index (χ2n) is 4.40. The maximum Gasteiger partial charge on any atom is 0.342 e. The molecule has 0 radical (unpaired) electrons. The van der Waals surface area contributed by atoms with Crippen molar-refractivity contribution in [3.63, 3.8) is 0 Å². The standard InChI is InChI=1S/C15H16FNO3.ClH/c1-2-20-15(19)13(16)14(17)11-7-8-12(18)10-6-4-3-5-9(10)11;/h3-8,13-14,18H,2,17H2,1H3;1H/t13?,14-;/m1./s1. The maximum atomic E-state index is 14.0. The number of alkyl halides is 1. The van der Waals surface area contributed by atoms with Crippen molar-refractivity contribution in [2.24, 2.45) is 5.73 Å². The molecule has 4 nitrogen and oxygen atoms in total. The summed E-state index contributed by atoms with van der Waals surface area (Å²) in [4.78, 5) is 11.4. The van der Waals surface area contributed by atoms with Gasteiger partial charge in [0.2, 0.25) is 6.17 Å². The van der Waals surface area contributed by atoms with Gasteiger partial charge in [-0.2, -0.15) is 0 Å². The number of rotatable bonds is 4. The van der Waals surface area contributed by atoms with Gasteiger partial charge >= 0.3 is 5.97 Å². The largest absolute Gasteiger partial charge is 0.507 e. The molecule has 0 aliphatic heterocycles. The highest BCUT2D eigenvalue weighted by atomic mass is 35.5. The van der Waals surface area contributed by atoms with Gasteiger partial charge in [-0.3, -0.25) is 0 Å². The van der Waals surface area contributed by atoms with Crippen LogP contribution in [0.3, 0.4) is 0 Å². The lowest BCUT2D eigenvalue weighted by molar-refractivity contribution is -0.149. The number of nitrogens with two attached hydrogens (primary N) is 1. The quantitative estimate of drug-likeness (QED) is 0.851. The number of carbonyl (C=O) groups excluding carboxylic acids is 1. The van der Waals surface area contributed by atoms with Crippen LogP contribution < -0.4 is 5.73 Å². The summed E-state index contributed by atoms with van der Waals surface area (Å²) in [6.45, 7) is 1.70. The lowest BCUT2D eigenvalue weighted by Gasteiger charge is -2.18. The number of aromatic hydroxyl groups is 1. The van der Waals surface area contributed by atoms with E-state index >= 15 is 0 Å². The summed E-state index contributed by atoms with van der Waals surface area (Å²) in [7, 11) is 0. The number of benzene rings is 2. The molecule has 1 unspecified atom stereocenters. The van der Waals surface area contributed by atoms with Crippen LogP contribution in [0.5, 0.6) is 5.75 Å². The van der Waals surface area contributed by atoms with Gasteiger partial charge in [0.15, 0.2) is 0 Å². The lowest BCUT2D eigenvalue weighted by atomic mass is 9.96. The van der Waals surface area contributed by atoms with E-state index in [-0.39, 0.29) is 24.8 Å². The highest BCUT2D eigenvalue weighted by molar-refractivity contribution is 5.91. The first kappa shape index (κ1) is 17.2. The van der Waals surface area contributed by atoms with Crippen LogP contribution >= 0.6 is 12.4 Å². The van der Waals surface area contributed by atoms with E-state index < -0.39 is 18.2 Å². The van der Waals surface area contributed by atoms with Gasteiger partial charge < -0.3 is 15.6 Å². The van der Waals surface area contributed by atoms with Gasteiger partial charge in [-0.05, 0) is 23.9 Å². The number of hydrogen-bond acceptors (Lipinski definition) is 4. The lowest BCUT2D eigenvalue weighted by Crippen LogP contribution is -2.31. The molecule has 0 saturated heterocycles. The Morgan fingerprint density at radius 1 is 1.29 bits per heavy atom. The highest BCUT2D eigenvalue weighted by Gasteiger charge is 2.29. The fourth-order valence-electron chi connectivity index (χ4n) is 2.12. The molecule has 2 aromatic rings. The fraction of sp³-hybridized carbons (Fsp3) is 0.267. The summed E-state index contributed by atoms with van der Waals surface area (Å²) in [6.07, 6.45) is -1.94. The zero-order valence-corrected chi connectivity index (χ0v) is 12.3. The number of fused-ring (bicyclic) bond motifs is 1. The first-order valence-electron chi connectivity index (χ1n) is 6.33. The van der Waals surface area contributed by atoms with E-state index in [0.717, 1.165) is 0 Å². The third kappa shape index (κ3) is 3.43. The molecule has 2 aromatic carbocycles. The molecule has 2 rings (SSSR count). The first-order chi connectivity index (χ1) is 9.56. The second-order valence-corrected chi connectivity index (χ2v) is 4.40. The van der Waals surface area contributed by atoms with E-state index in [9.17, 15) is 14.3 Å². The minimum atomic E-state index is -1.94. The Balaban J connectivity index is 0.00000220. The molecule has 0 aliphatic carbocycles. The van der Waals surface area contributed by atoms with Crippen LogP contribution in [-0.4, -0.2) is 23.9 Å². The Bertz CT molecular complexity index is 635. The molecule has 114 valence electrons. The van der Waals surface area contributed by atoms with Crippen LogP contribution in [0.4, 0.5) is 4.39 Å². The molecule has 0 aliphatic rings. The molecular formula is C15H17ClFNO3. The minimum Gasteiger partial charge on any atom is -0.507 e. The molecule has 0 fully saturated rings. The number of hydrogen-bond donors (Lipinski definition) is 2. The van der Waals surface area contributed by atoms with E-state index in [2.05, 4.69) is 4.74 Å². The van der Waals surface area contributed by atoms with Crippen molar-refractivity contribution >= 4 is 29.1 Å². The Morgan fingerprint density at radius 2 is 1.90 bits per heavy atom. The third-order valence-corrected chi connectivity index (χ3v) is 3.12. The Labute approximate surface area is 128 Å². The molecule has 2 atom stereocenters. The molecule has 0 bridgehead atoms. The van der Waals surface area contributed by atoms with Gasteiger partial charge in [-0.25, -0.2) is 9.18 Å². The predicted octanol–water partition coefficient (Wildman–Crippen LogP) is 2.87. The summed E-state index contributed by atoms with van der Waals surface area (Å²) in [5.74, 6) is -0.889. The van der Waals surface area contributed by atoms with Crippen molar-refractivity contribution in [2.75, 3.05) is 6.61 Å². The average Bonchev–Trinajstić information content (AvgIpc) is 2.47. The summed E-state index contributed by atoms with van der Waals surface area (Å²) in [5, 5.41) is 11.0.